The molecular weight excluding hydrogens is 705 g/mol. The van der Waals surface area contributed by atoms with E-state index in [1.807, 2.05) is 12.1 Å². The minimum Gasteiger partial charge on any atom is -0.359 e. The number of aliphatic imine (C=N–C) groups is 1. The Morgan fingerprint density at radius 1 is 0.379 bits per heavy atom. The van der Waals surface area contributed by atoms with Crippen LogP contribution in [0.3, 0.4) is 0 Å². The molecule has 0 saturated carbocycles. The average Bonchev–Trinajstić information content (AvgIpc) is 3.30. The normalized spacial score (nSPS) is 13.6. The Kier molecular flexibility index (Phi) is 8.18. The molecule has 10 aromatic rings. The van der Waals surface area contributed by atoms with E-state index < -0.39 is 0 Å². The van der Waals surface area contributed by atoms with Crippen molar-refractivity contribution in [3.63, 3.8) is 0 Å². The lowest BCUT2D eigenvalue weighted by molar-refractivity contribution is 0.749. The standard InChI is InChI=1S/C54H36N4/c1-3-11-43-33-45(31-21-35(43)9-1)37-17-23-39(24-18-37)51-47-13-5-7-15-49(47)56-54(57-51)42-29-25-40(26-30-42)52-48-14-6-8-16-50(48)55-53(58-52)41-27-19-38(20-28-41)46-32-22-36-10-2-4-12-44(36)34-46/h1-34,51H,(H,56,57). The zero-order valence-corrected chi connectivity index (χ0v) is 31.5. The Morgan fingerprint density at radius 3 is 1.59 bits per heavy atom. The zero-order valence-electron chi connectivity index (χ0n) is 31.5. The maximum atomic E-state index is 5.20. The van der Waals surface area contributed by atoms with Gasteiger partial charge in [-0.25, -0.2) is 15.0 Å². The van der Waals surface area contributed by atoms with Crippen molar-refractivity contribution in [2.45, 2.75) is 6.04 Å². The number of hydrogen-bond donors (Lipinski definition) is 1. The summed E-state index contributed by atoms with van der Waals surface area (Å²) in [6, 6.07) is 73.0. The molecule has 1 aromatic heterocycles. The summed E-state index contributed by atoms with van der Waals surface area (Å²) in [5.41, 5.74) is 12.9. The van der Waals surface area contributed by atoms with Crippen molar-refractivity contribution in [2.75, 3.05) is 0 Å². The molecule has 0 fully saturated rings. The zero-order chi connectivity index (χ0) is 38.4. The van der Waals surface area contributed by atoms with Crippen LogP contribution in [-0.4, -0.2) is 15.8 Å². The number of para-hydroxylation sites is 2. The highest BCUT2D eigenvalue weighted by atomic mass is 15.1. The summed E-state index contributed by atoms with van der Waals surface area (Å²) in [5.74, 6) is 1.54. The van der Waals surface area contributed by atoms with E-state index in [0.717, 1.165) is 55.9 Å². The molecule has 58 heavy (non-hydrogen) atoms. The van der Waals surface area contributed by atoms with E-state index in [0.29, 0.717) is 5.82 Å². The average molecular weight is 741 g/mol. The molecule has 0 amide bonds. The highest BCUT2D eigenvalue weighted by Gasteiger charge is 2.24. The van der Waals surface area contributed by atoms with Gasteiger partial charge in [0.15, 0.2) is 5.82 Å². The molecule has 11 rings (SSSR count). The first-order valence-electron chi connectivity index (χ1n) is 19.7. The van der Waals surface area contributed by atoms with Crippen LogP contribution in [-0.2, 0) is 0 Å². The van der Waals surface area contributed by atoms with E-state index in [9.17, 15) is 0 Å². The van der Waals surface area contributed by atoms with Crippen molar-refractivity contribution < 1.29 is 0 Å². The van der Waals surface area contributed by atoms with Gasteiger partial charge in [0, 0.05) is 27.6 Å². The quantitative estimate of drug-likeness (QED) is 0.185. The Balaban J connectivity index is 0.891. The Morgan fingerprint density at radius 2 is 0.897 bits per heavy atom. The molecule has 4 nitrogen and oxygen atoms in total. The summed E-state index contributed by atoms with van der Waals surface area (Å²) < 4.78 is 0. The van der Waals surface area contributed by atoms with E-state index in [2.05, 4.69) is 199 Å². The van der Waals surface area contributed by atoms with Crippen molar-refractivity contribution in [1.29, 1.82) is 0 Å². The summed E-state index contributed by atoms with van der Waals surface area (Å²) >= 11 is 0. The van der Waals surface area contributed by atoms with Crippen molar-refractivity contribution in [3.05, 3.63) is 223 Å². The lowest BCUT2D eigenvalue weighted by Crippen LogP contribution is -2.32. The van der Waals surface area contributed by atoms with Crippen LogP contribution in [0.1, 0.15) is 22.7 Å². The second-order valence-electron chi connectivity index (χ2n) is 14.9. The first-order valence-corrected chi connectivity index (χ1v) is 19.7. The SMILES string of the molecule is c1ccc2c(c1)N=C(c1ccc(-c3nc(-c4ccc(-c5ccc6ccccc6c5)cc4)nc4ccccc34)cc1)NC2c1ccc(-c2ccc3ccccc3c2)cc1. The number of rotatable bonds is 6. The summed E-state index contributed by atoms with van der Waals surface area (Å²) in [6.45, 7) is 0. The van der Waals surface area contributed by atoms with E-state index >= 15 is 0 Å². The lowest BCUT2D eigenvalue weighted by atomic mass is 9.93. The second-order valence-corrected chi connectivity index (χ2v) is 14.9. The molecule has 1 N–H and O–H groups in total. The maximum absolute atomic E-state index is 5.20. The molecule has 1 atom stereocenters. The van der Waals surface area contributed by atoms with Gasteiger partial charge in [-0.1, -0.05) is 182 Å². The van der Waals surface area contributed by atoms with Crippen molar-refractivity contribution in [2.24, 2.45) is 4.99 Å². The van der Waals surface area contributed by atoms with E-state index in [1.54, 1.807) is 0 Å². The molecule has 4 heteroatoms. The third-order valence-electron chi connectivity index (χ3n) is 11.3. The Bertz CT molecular complexity index is 3180. The summed E-state index contributed by atoms with van der Waals surface area (Å²) in [5, 5.41) is 9.78. The Labute approximate surface area is 336 Å². The molecule has 9 aromatic carbocycles. The number of amidine groups is 1. The predicted molar refractivity (Wildman–Crippen MR) is 240 cm³/mol. The summed E-state index contributed by atoms with van der Waals surface area (Å²) in [7, 11) is 0. The summed E-state index contributed by atoms with van der Waals surface area (Å²) in [6.07, 6.45) is 0. The van der Waals surface area contributed by atoms with Gasteiger partial charge < -0.3 is 5.32 Å². The third-order valence-corrected chi connectivity index (χ3v) is 11.3. The molecule has 0 spiro atoms. The highest BCUT2D eigenvalue weighted by Crippen LogP contribution is 2.37. The number of hydrogen-bond acceptors (Lipinski definition) is 4. The van der Waals surface area contributed by atoms with Gasteiger partial charge in [0.2, 0.25) is 0 Å². The van der Waals surface area contributed by atoms with Gasteiger partial charge in [0.05, 0.1) is 22.9 Å². The van der Waals surface area contributed by atoms with Crippen LogP contribution in [0, 0.1) is 0 Å². The minimum absolute atomic E-state index is 0.0463. The molecule has 1 aliphatic heterocycles. The van der Waals surface area contributed by atoms with Crippen molar-refractivity contribution >= 4 is 44.0 Å². The van der Waals surface area contributed by atoms with Crippen molar-refractivity contribution in [1.82, 2.24) is 15.3 Å². The van der Waals surface area contributed by atoms with Crippen LogP contribution < -0.4 is 5.32 Å². The molecule has 2 heterocycles. The van der Waals surface area contributed by atoms with Gasteiger partial charge in [-0.15, -0.1) is 0 Å². The fraction of sp³-hybridized carbons (Fsp3) is 0.0185. The predicted octanol–water partition coefficient (Wildman–Crippen LogP) is 13.4. The summed E-state index contributed by atoms with van der Waals surface area (Å²) in [4.78, 5) is 15.3. The second kappa shape index (κ2) is 14.1. The molecule has 272 valence electrons. The number of aromatic nitrogens is 2. The third kappa shape index (κ3) is 6.18. The van der Waals surface area contributed by atoms with Gasteiger partial charge in [-0.05, 0) is 73.6 Å². The van der Waals surface area contributed by atoms with Crippen LogP contribution in [0.4, 0.5) is 5.69 Å². The molecule has 0 bridgehead atoms. The first kappa shape index (κ1) is 33.6. The molecule has 0 radical (unpaired) electrons. The molecule has 0 aliphatic carbocycles. The van der Waals surface area contributed by atoms with Crippen LogP contribution in [0.15, 0.2) is 211 Å². The number of fused-ring (bicyclic) bond motifs is 4. The number of nitrogens with zero attached hydrogens (tertiary/aromatic N) is 3. The van der Waals surface area contributed by atoms with Gasteiger partial charge in [0.1, 0.15) is 5.84 Å². The topological polar surface area (TPSA) is 50.2 Å². The van der Waals surface area contributed by atoms with Crippen LogP contribution in [0.2, 0.25) is 0 Å². The monoisotopic (exact) mass is 740 g/mol. The highest BCUT2D eigenvalue weighted by molar-refractivity contribution is 6.03. The van der Waals surface area contributed by atoms with E-state index in [4.69, 9.17) is 15.0 Å². The van der Waals surface area contributed by atoms with Gasteiger partial charge in [-0.3, -0.25) is 0 Å². The van der Waals surface area contributed by atoms with Crippen LogP contribution in [0.5, 0.6) is 0 Å². The van der Waals surface area contributed by atoms with Gasteiger partial charge in [0.25, 0.3) is 0 Å². The number of nitrogens with one attached hydrogen (secondary N) is 1. The molecule has 1 unspecified atom stereocenters. The van der Waals surface area contributed by atoms with Crippen LogP contribution in [0.25, 0.3) is 77.3 Å². The van der Waals surface area contributed by atoms with Crippen molar-refractivity contribution in [3.8, 4) is 44.9 Å². The smallest absolute Gasteiger partial charge is 0.160 e. The van der Waals surface area contributed by atoms with Gasteiger partial charge in [-0.2, -0.15) is 0 Å². The first-order chi connectivity index (χ1) is 28.7. The van der Waals surface area contributed by atoms with E-state index in [1.165, 1.54) is 43.8 Å². The number of benzene rings is 9. The fourth-order valence-electron chi connectivity index (χ4n) is 8.24. The maximum Gasteiger partial charge on any atom is 0.160 e. The fourth-order valence-corrected chi connectivity index (χ4v) is 8.24. The molecular formula is C54H36N4. The van der Waals surface area contributed by atoms with Crippen LogP contribution >= 0.6 is 0 Å². The largest absolute Gasteiger partial charge is 0.359 e. The minimum atomic E-state index is -0.0463. The molecule has 0 saturated heterocycles. The molecule has 1 aliphatic rings. The van der Waals surface area contributed by atoms with Gasteiger partial charge >= 0.3 is 0 Å². The van der Waals surface area contributed by atoms with E-state index in [-0.39, 0.29) is 6.04 Å². The Hall–Kier alpha value is -7.69. The lowest BCUT2D eigenvalue weighted by Gasteiger charge is -2.28.